The highest BCUT2D eigenvalue weighted by atomic mass is 35.5. The van der Waals surface area contributed by atoms with Gasteiger partial charge in [0.05, 0.1) is 37.4 Å². The fourth-order valence-electron chi connectivity index (χ4n) is 3.38. The van der Waals surface area contributed by atoms with Crippen LogP contribution in [0.5, 0.6) is 11.5 Å². The molecule has 0 bridgehead atoms. The summed E-state index contributed by atoms with van der Waals surface area (Å²) in [6.07, 6.45) is 0. The molecular formula is C25H22ClN3O4S. The number of halogens is 1. The lowest BCUT2D eigenvalue weighted by atomic mass is 10.2. The third-order valence-electron chi connectivity index (χ3n) is 5.05. The third kappa shape index (κ3) is 5.52. The number of amides is 1. The van der Waals surface area contributed by atoms with Gasteiger partial charge >= 0.3 is 0 Å². The zero-order valence-corrected chi connectivity index (χ0v) is 20.2. The lowest BCUT2D eigenvalue weighted by molar-refractivity contribution is -0.113. The molecule has 0 saturated carbocycles. The van der Waals surface area contributed by atoms with E-state index in [9.17, 15) is 9.59 Å². The number of fused-ring (bicyclic) bond motifs is 1. The summed E-state index contributed by atoms with van der Waals surface area (Å²) in [6.45, 7) is 0.310. The number of anilines is 1. The Morgan fingerprint density at radius 1 is 1.03 bits per heavy atom. The predicted molar refractivity (Wildman–Crippen MR) is 135 cm³/mol. The van der Waals surface area contributed by atoms with Crippen molar-refractivity contribution in [1.82, 2.24) is 9.55 Å². The molecule has 1 aromatic heterocycles. The second kappa shape index (κ2) is 10.6. The molecule has 0 aliphatic heterocycles. The number of ether oxygens (including phenoxy) is 2. The predicted octanol–water partition coefficient (Wildman–Crippen LogP) is 4.85. The number of methoxy groups -OCH3 is 2. The molecule has 1 amide bonds. The van der Waals surface area contributed by atoms with Crippen LogP contribution in [0.4, 0.5) is 5.69 Å². The molecule has 9 heteroatoms. The summed E-state index contributed by atoms with van der Waals surface area (Å²) in [6, 6.07) is 19.6. The van der Waals surface area contributed by atoms with Gasteiger partial charge in [-0.25, -0.2) is 4.98 Å². The van der Waals surface area contributed by atoms with Crippen molar-refractivity contribution in [2.45, 2.75) is 11.7 Å². The SMILES string of the molecule is COc1cc(NC(=O)CSc2nc3ccccc3c(=O)n2Cc2ccc(Cl)cc2)cc(OC)c1. The number of nitrogens with zero attached hydrogens (tertiary/aromatic N) is 2. The maximum absolute atomic E-state index is 13.3. The number of rotatable bonds is 8. The van der Waals surface area contributed by atoms with Crippen LogP contribution in [-0.4, -0.2) is 35.4 Å². The molecule has 0 aliphatic carbocycles. The van der Waals surface area contributed by atoms with Crippen LogP contribution in [0.3, 0.4) is 0 Å². The molecule has 4 rings (SSSR count). The summed E-state index contributed by atoms with van der Waals surface area (Å²) in [7, 11) is 3.09. The molecule has 174 valence electrons. The van der Waals surface area contributed by atoms with Crippen LogP contribution in [0.1, 0.15) is 5.56 Å². The number of nitrogens with one attached hydrogen (secondary N) is 1. The van der Waals surface area contributed by atoms with Crippen LogP contribution in [-0.2, 0) is 11.3 Å². The Morgan fingerprint density at radius 3 is 2.38 bits per heavy atom. The number of para-hydroxylation sites is 1. The second-order valence-electron chi connectivity index (χ2n) is 7.37. The zero-order valence-electron chi connectivity index (χ0n) is 18.6. The molecule has 0 saturated heterocycles. The minimum absolute atomic E-state index is 0.0604. The second-order valence-corrected chi connectivity index (χ2v) is 8.75. The van der Waals surface area contributed by atoms with Crippen LogP contribution in [0, 0.1) is 0 Å². The van der Waals surface area contributed by atoms with E-state index < -0.39 is 0 Å². The number of carbonyl (C=O) groups is 1. The van der Waals surface area contributed by atoms with E-state index in [0.717, 1.165) is 5.56 Å². The monoisotopic (exact) mass is 495 g/mol. The van der Waals surface area contributed by atoms with Crippen LogP contribution in [0.2, 0.25) is 5.02 Å². The van der Waals surface area contributed by atoms with Crippen molar-refractivity contribution < 1.29 is 14.3 Å². The van der Waals surface area contributed by atoms with Gasteiger partial charge in [0.15, 0.2) is 5.16 Å². The van der Waals surface area contributed by atoms with E-state index in [1.165, 1.54) is 11.8 Å². The fourth-order valence-corrected chi connectivity index (χ4v) is 4.30. The summed E-state index contributed by atoms with van der Waals surface area (Å²) in [5.41, 5.74) is 1.87. The fraction of sp³-hybridized carbons (Fsp3) is 0.160. The van der Waals surface area contributed by atoms with Crippen LogP contribution in [0.25, 0.3) is 10.9 Å². The van der Waals surface area contributed by atoms with Crippen LogP contribution < -0.4 is 20.3 Å². The van der Waals surface area contributed by atoms with Gasteiger partial charge < -0.3 is 14.8 Å². The standard InChI is InChI=1S/C25H22ClN3O4S/c1-32-19-11-18(12-20(13-19)33-2)27-23(30)15-34-25-28-22-6-4-3-5-21(22)24(31)29(25)14-16-7-9-17(26)10-8-16/h3-13H,14-15H2,1-2H3,(H,27,30). The largest absolute Gasteiger partial charge is 0.497 e. The minimum atomic E-state index is -0.249. The normalized spacial score (nSPS) is 10.8. The summed E-state index contributed by atoms with van der Waals surface area (Å²) >= 11 is 7.20. The molecule has 1 N–H and O–H groups in total. The number of carbonyl (C=O) groups excluding carboxylic acids is 1. The Kier molecular flexibility index (Phi) is 7.40. The maximum atomic E-state index is 13.3. The van der Waals surface area contributed by atoms with E-state index in [-0.39, 0.29) is 17.2 Å². The third-order valence-corrected chi connectivity index (χ3v) is 6.28. The first-order chi connectivity index (χ1) is 16.5. The summed E-state index contributed by atoms with van der Waals surface area (Å²) in [5, 5.41) is 4.44. The molecular weight excluding hydrogens is 474 g/mol. The van der Waals surface area contributed by atoms with E-state index in [0.29, 0.717) is 44.8 Å². The summed E-state index contributed by atoms with van der Waals surface area (Å²) in [4.78, 5) is 30.6. The molecule has 0 unspecified atom stereocenters. The van der Waals surface area contributed by atoms with Crippen molar-refractivity contribution in [2.75, 3.05) is 25.3 Å². The molecule has 0 aliphatic rings. The minimum Gasteiger partial charge on any atom is -0.497 e. The maximum Gasteiger partial charge on any atom is 0.262 e. The number of hydrogen-bond acceptors (Lipinski definition) is 6. The van der Waals surface area contributed by atoms with E-state index in [1.54, 1.807) is 67.3 Å². The van der Waals surface area contributed by atoms with Crippen molar-refractivity contribution in [2.24, 2.45) is 0 Å². The van der Waals surface area contributed by atoms with Gasteiger partial charge in [0.2, 0.25) is 5.91 Å². The average molecular weight is 496 g/mol. The quantitative estimate of drug-likeness (QED) is 0.278. The smallest absolute Gasteiger partial charge is 0.262 e. The Labute approximate surface area is 205 Å². The van der Waals surface area contributed by atoms with Crippen LogP contribution >= 0.6 is 23.4 Å². The Bertz CT molecular complexity index is 1370. The first-order valence-electron chi connectivity index (χ1n) is 10.4. The molecule has 3 aromatic carbocycles. The number of hydrogen-bond donors (Lipinski definition) is 1. The van der Waals surface area contributed by atoms with E-state index in [2.05, 4.69) is 10.3 Å². The highest BCUT2D eigenvalue weighted by Gasteiger charge is 2.14. The zero-order chi connectivity index (χ0) is 24.1. The van der Waals surface area contributed by atoms with Crippen molar-refractivity contribution >= 4 is 45.9 Å². The topological polar surface area (TPSA) is 82.5 Å². The van der Waals surface area contributed by atoms with E-state index >= 15 is 0 Å². The highest BCUT2D eigenvalue weighted by molar-refractivity contribution is 7.99. The molecule has 0 fully saturated rings. The summed E-state index contributed by atoms with van der Waals surface area (Å²) < 4.78 is 12.1. The summed E-state index contributed by atoms with van der Waals surface area (Å²) in [5.74, 6) is 0.941. The average Bonchev–Trinajstić information content (AvgIpc) is 2.85. The van der Waals surface area contributed by atoms with Gasteiger partial charge in [0.25, 0.3) is 5.56 Å². The first-order valence-corrected chi connectivity index (χ1v) is 11.7. The highest BCUT2D eigenvalue weighted by Crippen LogP contribution is 2.26. The van der Waals surface area contributed by atoms with E-state index in [1.807, 2.05) is 18.2 Å². The molecule has 0 atom stereocenters. The van der Waals surface area contributed by atoms with Gasteiger partial charge in [-0.2, -0.15) is 0 Å². The Morgan fingerprint density at radius 2 is 1.71 bits per heavy atom. The number of aromatic nitrogens is 2. The van der Waals surface area contributed by atoms with Gasteiger partial charge in [0.1, 0.15) is 11.5 Å². The van der Waals surface area contributed by atoms with E-state index in [4.69, 9.17) is 21.1 Å². The van der Waals surface area contributed by atoms with Gasteiger partial charge in [0, 0.05) is 28.9 Å². The molecule has 0 radical (unpaired) electrons. The van der Waals surface area contributed by atoms with Crippen molar-refractivity contribution in [3.8, 4) is 11.5 Å². The van der Waals surface area contributed by atoms with Crippen LogP contribution in [0.15, 0.2) is 76.7 Å². The number of benzene rings is 3. The number of thioether (sulfide) groups is 1. The first kappa shape index (κ1) is 23.7. The lowest BCUT2D eigenvalue weighted by Crippen LogP contribution is -2.24. The molecule has 1 heterocycles. The van der Waals surface area contributed by atoms with Crippen molar-refractivity contribution in [3.05, 3.63) is 87.7 Å². The Balaban J connectivity index is 1.59. The molecule has 7 nitrogen and oxygen atoms in total. The molecule has 0 spiro atoms. The molecule has 4 aromatic rings. The lowest BCUT2D eigenvalue weighted by Gasteiger charge is -2.14. The van der Waals surface area contributed by atoms with Crippen molar-refractivity contribution in [1.29, 1.82) is 0 Å². The van der Waals surface area contributed by atoms with Gasteiger partial charge in [-0.1, -0.05) is 47.6 Å². The van der Waals surface area contributed by atoms with Gasteiger partial charge in [-0.15, -0.1) is 0 Å². The Hall–Kier alpha value is -3.49. The molecule has 34 heavy (non-hydrogen) atoms. The van der Waals surface area contributed by atoms with Crippen molar-refractivity contribution in [3.63, 3.8) is 0 Å². The van der Waals surface area contributed by atoms with Gasteiger partial charge in [-0.05, 0) is 29.8 Å². The van der Waals surface area contributed by atoms with Gasteiger partial charge in [-0.3, -0.25) is 14.2 Å².